The summed E-state index contributed by atoms with van der Waals surface area (Å²) in [4.78, 5) is 5.74. The lowest BCUT2D eigenvalue weighted by Gasteiger charge is -2.02. The van der Waals surface area contributed by atoms with Gasteiger partial charge in [-0.2, -0.15) is 8.42 Å². The van der Waals surface area contributed by atoms with Gasteiger partial charge >= 0.3 is 0 Å². The van der Waals surface area contributed by atoms with Crippen molar-refractivity contribution >= 4 is 27.5 Å². The van der Waals surface area contributed by atoms with Gasteiger partial charge in [0, 0.05) is 21.0 Å². The van der Waals surface area contributed by atoms with Crippen LogP contribution in [0.3, 0.4) is 0 Å². The maximum Gasteiger partial charge on any atom is 0.283 e. The molecule has 0 saturated heterocycles. The summed E-state index contributed by atoms with van der Waals surface area (Å²) in [5.74, 6) is 0.497. The maximum absolute atomic E-state index is 11.9. The molecule has 0 radical (unpaired) electrons. The van der Waals surface area contributed by atoms with Crippen molar-refractivity contribution in [3.05, 3.63) is 24.1 Å². The molecule has 0 saturated carbocycles. The van der Waals surface area contributed by atoms with Gasteiger partial charge in [0.2, 0.25) is 0 Å². The molecule has 7 heteroatoms. The zero-order valence-electron chi connectivity index (χ0n) is 10.3. The average Bonchev–Trinajstić information content (AvgIpc) is 2.65. The molecule has 0 aliphatic carbocycles. The summed E-state index contributed by atoms with van der Waals surface area (Å²) >= 11 is 0. The molecule has 18 heavy (non-hydrogen) atoms. The van der Waals surface area contributed by atoms with Gasteiger partial charge < -0.3 is 9.32 Å². The van der Waals surface area contributed by atoms with Crippen molar-refractivity contribution in [2.24, 2.45) is 4.40 Å². The van der Waals surface area contributed by atoms with Crippen LogP contribution in [0.15, 0.2) is 31.9 Å². The van der Waals surface area contributed by atoms with Crippen molar-refractivity contribution in [2.75, 3.05) is 14.1 Å². The number of hydrogen-bond donors (Lipinski definition) is 0. The summed E-state index contributed by atoms with van der Waals surface area (Å²) in [6, 6.07) is 4.48. The van der Waals surface area contributed by atoms with E-state index >= 15 is 0 Å². The van der Waals surface area contributed by atoms with Gasteiger partial charge in [-0.05, 0) is 18.2 Å². The predicted octanol–water partition coefficient (Wildman–Crippen LogP) is 1.41. The monoisotopic (exact) mass is 267 g/mol. The van der Waals surface area contributed by atoms with E-state index in [0.717, 1.165) is 0 Å². The van der Waals surface area contributed by atoms with Crippen LogP contribution >= 0.6 is 0 Å². The molecule has 2 aromatic rings. The molecular weight excluding hydrogens is 254 g/mol. The number of nitrogens with zero attached hydrogens (tertiary/aromatic N) is 3. The fourth-order valence-electron chi connectivity index (χ4n) is 1.40. The summed E-state index contributed by atoms with van der Waals surface area (Å²) < 4.78 is 32.6. The van der Waals surface area contributed by atoms with Crippen LogP contribution < -0.4 is 0 Å². The summed E-state index contributed by atoms with van der Waals surface area (Å²) in [6.07, 6.45) is 1.24. The van der Waals surface area contributed by atoms with Gasteiger partial charge in [-0.25, -0.2) is 4.98 Å². The lowest BCUT2D eigenvalue weighted by atomic mass is 10.3. The van der Waals surface area contributed by atoms with Crippen molar-refractivity contribution in [1.29, 1.82) is 0 Å². The largest absolute Gasteiger partial charge is 0.441 e. The van der Waals surface area contributed by atoms with Crippen LogP contribution in [0, 0.1) is 6.92 Å². The molecule has 0 N–H and O–H groups in total. The Hall–Kier alpha value is -1.89. The van der Waals surface area contributed by atoms with E-state index in [1.807, 2.05) is 0 Å². The number of oxazole rings is 1. The number of aromatic nitrogens is 1. The Morgan fingerprint density at radius 3 is 2.78 bits per heavy atom. The highest BCUT2D eigenvalue weighted by molar-refractivity contribution is 7.90. The van der Waals surface area contributed by atoms with Gasteiger partial charge in [0.25, 0.3) is 10.0 Å². The molecule has 1 aromatic carbocycles. The highest BCUT2D eigenvalue weighted by atomic mass is 32.2. The lowest BCUT2D eigenvalue weighted by Crippen LogP contribution is -2.10. The topological polar surface area (TPSA) is 75.8 Å². The third-order valence-corrected chi connectivity index (χ3v) is 3.40. The Morgan fingerprint density at radius 2 is 2.11 bits per heavy atom. The van der Waals surface area contributed by atoms with E-state index in [1.165, 1.54) is 18.5 Å². The smallest absolute Gasteiger partial charge is 0.283 e. The van der Waals surface area contributed by atoms with Crippen LogP contribution in [-0.4, -0.2) is 38.7 Å². The SMILES string of the molecule is Cc1nc2cc(S(=O)(=O)/N=C/N(C)C)ccc2o1. The minimum atomic E-state index is -3.69. The summed E-state index contributed by atoms with van der Waals surface area (Å²) in [5, 5.41) is 0. The zero-order valence-corrected chi connectivity index (χ0v) is 11.1. The first-order valence-corrected chi connectivity index (χ1v) is 6.66. The first-order chi connectivity index (χ1) is 8.38. The molecule has 0 fully saturated rings. The van der Waals surface area contributed by atoms with Crippen molar-refractivity contribution < 1.29 is 12.8 Å². The first-order valence-electron chi connectivity index (χ1n) is 5.22. The number of benzene rings is 1. The molecule has 0 unspecified atom stereocenters. The van der Waals surface area contributed by atoms with Crippen molar-refractivity contribution in [3.8, 4) is 0 Å². The Bertz CT molecular complexity index is 701. The fourth-order valence-corrected chi connectivity index (χ4v) is 2.34. The van der Waals surface area contributed by atoms with E-state index in [4.69, 9.17) is 4.42 Å². The molecule has 1 aromatic heterocycles. The second kappa shape index (κ2) is 4.41. The lowest BCUT2D eigenvalue weighted by molar-refractivity contribution is 0.561. The normalized spacial score (nSPS) is 12.4. The first kappa shape index (κ1) is 12.6. The fraction of sp³-hybridized carbons (Fsp3) is 0.273. The standard InChI is InChI=1S/C11H13N3O3S/c1-8-13-10-6-9(4-5-11(10)17-8)18(15,16)12-7-14(2)3/h4-7H,1-3H3/b12-7+. The van der Waals surface area contributed by atoms with Crippen molar-refractivity contribution in [1.82, 2.24) is 9.88 Å². The molecule has 0 bridgehead atoms. The molecule has 6 nitrogen and oxygen atoms in total. The third kappa shape index (κ3) is 2.51. The van der Waals surface area contributed by atoms with E-state index in [2.05, 4.69) is 9.38 Å². The molecule has 0 aliphatic rings. The van der Waals surface area contributed by atoms with Gasteiger partial charge in [0.05, 0.1) is 4.90 Å². The molecule has 2 rings (SSSR count). The van der Waals surface area contributed by atoms with Crippen LogP contribution in [0.4, 0.5) is 0 Å². The Morgan fingerprint density at radius 1 is 1.39 bits per heavy atom. The van der Waals surface area contributed by atoms with E-state index in [-0.39, 0.29) is 4.90 Å². The van der Waals surface area contributed by atoms with Gasteiger partial charge in [-0.3, -0.25) is 0 Å². The average molecular weight is 267 g/mol. The van der Waals surface area contributed by atoms with Gasteiger partial charge in [-0.15, -0.1) is 4.40 Å². The van der Waals surface area contributed by atoms with Crippen LogP contribution in [0.2, 0.25) is 0 Å². The number of rotatable bonds is 3. The molecule has 0 amide bonds. The van der Waals surface area contributed by atoms with E-state index in [1.54, 1.807) is 32.0 Å². The van der Waals surface area contributed by atoms with E-state index < -0.39 is 10.0 Å². The quantitative estimate of drug-likeness (QED) is 0.621. The molecular formula is C11H13N3O3S. The summed E-state index contributed by atoms with van der Waals surface area (Å²) in [7, 11) is -0.296. The predicted molar refractivity (Wildman–Crippen MR) is 68.1 cm³/mol. The second-order valence-corrected chi connectivity index (χ2v) is 5.65. The molecule has 1 heterocycles. The highest BCUT2D eigenvalue weighted by Gasteiger charge is 2.14. The van der Waals surface area contributed by atoms with Gasteiger partial charge in [-0.1, -0.05) is 0 Å². The van der Waals surface area contributed by atoms with Crippen LogP contribution in [0.5, 0.6) is 0 Å². The Kier molecular flexibility index (Phi) is 3.08. The highest BCUT2D eigenvalue weighted by Crippen LogP contribution is 2.20. The van der Waals surface area contributed by atoms with E-state index in [0.29, 0.717) is 17.0 Å². The van der Waals surface area contributed by atoms with E-state index in [9.17, 15) is 8.42 Å². The van der Waals surface area contributed by atoms with Crippen molar-refractivity contribution in [3.63, 3.8) is 0 Å². The van der Waals surface area contributed by atoms with Crippen LogP contribution in [0.25, 0.3) is 11.1 Å². The second-order valence-electron chi connectivity index (χ2n) is 4.02. The zero-order chi connectivity index (χ0) is 13.3. The number of aryl methyl sites for hydroxylation is 1. The third-order valence-electron chi connectivity index (χ3n) is 2.18. The molecule has 0 aliphatic heterocycles. The number of sulfonamides is 1. The summed E-state index contributed by atoms with van der Waals surface area (Å²) in [6.45, 7) is 1.71. The number of hydrogen-bond acceptors (Lipinski definition) is 4. The minimum Gasteiger partial charge on any atom is -0.441 e. The minimum absolute atomic E-state index is 0.0985. The van der Waals surface area contributed by atoms with Crippen LogP contribution in [-0.2, 0) is 10.0 Å². The molecule has 96 valence electrons. The Balaban J connectivity index is 2.47. The van der Waals surface area contributed by atoms with Gasteiger partial charge in [0.15, 0.2) is 11.5 Å². The van der Waals surface area contributed by atoms with Crippen LogP contribution in [0.1, 0.15) is 5.89 Å². The summed E-state index contributed by atoms with van der Waals surface area (Å²) in [5.41, 5.74) is 1.07. The number of fused-ring (bicyclic) bond motifs is 1. The van der Waals surface area contributed by atoms with Gasteiger partial charge in [0.1, 0.15) is 11.9 Å². The molecule has 0 spiro atoms. The maximum atomic E-state index is 11.9. The van der Waals surface area contributed by atoms with Crippen molar-refractivity contribution in [2.45, 2.75) is 11.8 Å². The molecule has 0 atom stereocenters. The Labute approximate surface area is 105 Å².